The number of fused-ring (bicyclic) bond motifs is 2. The van der Waals surface area contributed by atoms with Gasteiger partial charge in [0.15, 0.2) is 0 Å². The first-order valence-corrected chi connectivity index (χ1v) is 5.44. The Kier molecular flexibility index (Phi) is 2.30. The van der Waals surface area contributed by atoms with Gasteiger partial charge in [0, 0.05) is 12.1 Å². The Bertz CT molecular complexity index is 244. The van der Waals surface area contributed by atoms with Gasteiger partial charge < -0.3 is 10.1 Å². The van der Waals surface area contributed by atoms with Gasteiger partial charge in [-0.2, -0.15) is 0 Å². The van der Waals surface area contributed by atoms with Gasteiger partial charge in [-0.05, 0) is 40.0 Å². The molecule has 2 rings (SSSR count). The molecule has 3 heteroatoms. The number of rotatable bonds is 1. The number of hydrogen-bond donors (Lipinski definition) is 1. The second kappa shape index (κ2) is 3.23. The quantitative estimate of drug-likeness (QED) is 0.647. The van der Waals surface area contributed by atoms with Crippen LogP contribution in [0.5, 0.6) is 0 Å². The SMILES string of the molecule is CC(C)(C)OC(=O)[C@@H]1C[C@H]2CC[C@@H]1N2. The third kappa shape index (κ3) is 1.92. The summed E-state index contributed by atoms with van der Waals surface area (Å²) in [5.41, 5.74) is -0.348. The maximum absolute atomic E-state index is 11.8. The van der Waals surface area contributed by atoms with Crippen molar-refractivity contribution < 1.29 is 9.53 Å². The Labute approximate surface area is 85.2 Å². The van der Waals surface area contributed by atoms with Crippen LogP contribution in [-0.4, -0.2) is 23.7 Å². The summed E-state index contributed by atoms with van der Waals surface area (Å²) >= 11 is 0. The number of hydrogen-bond acceptors (Lipinski definition) is 3. The average Bonchev–Trinajstić information content (AvgIpc) is 2.59. The van der Waals surface area contributed by atoms with Crippen molar-refractivity contribution in [3.63, 3.8) is 0 Å². The number of carbonyl (C=O) groups excluding carboxylic acids is 1. The molecule has 3 atom stereocenters. The second-order valence-electron chi connectivity index (χ2n) is 5.42. The van der Waals surface area contributed by atoms with Crippen LogP contribution >= 0.6 is 0 Å². The van der Waals surface area contributed by atoms with Gasteiger partial charge >= 0.3 is 5.97 Å². The van der Waals surface area contributed by atoms with E-state index in [1.165, 1.54) is 6.42 Å². The van der Waals surface area contributed by atoms with Crippen molar-refractivity contribution in [2.45, 2.75) is 57.7 Å². The van der Waals surface area contributed by atoms with Gasteiger partial charge in [-0.25, -0.2) is 0 Å². The molecule has 0 aromatic carbocycles. The fourth-order valence-corrected chi connectivity index (χ4v) is 2.46. The maximum atomic E-state index is 11.8. The zero-order chi connectivity index (χ0) is 10.3. The van der Waals surface area contributed by atoms with Gasteiger partial charge in [-0.15, -0.1) is 0 Å². The van der Waals surface area contributed by atoms with E-state index in [-0.39, 0.29) is 17.5 Å². The average molecular weight is 197 g/mol. The number of nitrogens with one attached hydrogen (secondary N) is 1. The summed E-state index contributed by atoms with van der Waals surface area (Å²) in [5, 5.41) is 3.44. The van der Waals surface area contributed by atoms with Gasteiger partial charge in [0.05, 0.1) is 5.92 Å². The molecule has 14 heavy (non-hydrogen) atoms. The first-order valence-electron chi connectivity index (χ1n) is 5.44. The van der Waals surface area contributed by atoms with Crippen molar-refractivity contribution in [1.29, 1.82) is 0 Å². The van der Waals surface area contributed by atoms with Crippen LogP contribution in [0.3, 0.4) is 0 Å². The van der Waals surface area contributed by atoms with Crippen LogP contribution in [0.1, 0.15) is 40.0 Å². The lowest BCUT2D eigenvalue weighted by atomic mass is 9.89. The molecule has 2 aliphatic rings. The summed E-state index contributed by atoms with van der Waals surface area (Å²) in [6.07, 6.45) is 3.33. The lowest BCUT2D eigenvalue weighted by Crippen LogP contribution is -2.34. The second-order valence-corrected chi connectivity index (χ2v) is 5.42. The minimum Gasteiger partial charge on any atom is -0.460 e. The van der Waals surface area contributed by atoms with Crippen LogP contribution in [0.25, 0.3) is 0 Å². The first kappa shape index (κ1) is 9.97. The summed E-state index contributed by atoms with van der Waals surface area (Å²) in [5.74, 6) is 0.0881. The summed E-state index contributed by atoms with van der Waals surface area (Å²) in [6, 6.07) is 0.951. The Balaban J connectivity index is 1.93. The van der Waals surface area contributed by atoms with Crippen molar-refractivity contribution in [2.24, 2.45) is 5.92 Å². The zero-order valence-corrected chi connectivity index (χ0v) is 9.17. The van der Waals surface area contributed by atoms with E-state index in [4.69, 9.17) is 4.74 Å². The van der Waals surface area contributed by atoms with Gasteiger partial charge in [-0.3, -0.25) is 4.79 Å². The molecule has 0 aromatic heterocycles. The minimum atomic E-state index is -0.348. The predicted molar refractivity (Wildman–Crippen MR) is 53.9 cm³/mol. The number of ether oxygens (including phenoxy) is 1. The van der Waals surface area contributed by atoms with Gasteiger partial charge in [-0.1, -0.05) is 0 Å². The zero-order valence-electron chi connectivity index (χ0n) is 9.17. The Morgan fingerprint density at radius 2 is 2.07 bits per heavy atom. The molecule has 0 amide bonds. The van der Waals surface area contributed by atoms with Crippen LogP contribution in [0.4, 0.5) is 0 Å². The predicted octanol–water partition coefficient (Wildman–Crippen LogP) is 1.47. The van der Waals surface area contributed by atoms with E-state index < -0.39 is 0 Å². The molecule has 0 unspecified atom stereocenters. The topological polar surface area (TPSA) is 38.3 Å². The van der Waals surface area contributed by atoms with Crippen molar-refractivity contribution in [3.05, 3.63) is 0 Å². The molecule has 2 saturated heterocycles. The maximum Gasteiger partial charge on any atom is 0.311 e. The highest BCUT2D eigenvalue weighted by atomic mass is 16.6. The van der Waals surface area contributed by atoms with E-state index in [0.29, 0.717) is 12.1 Å². The molecule has 0 radical (unpaired) electrons. The molecule has 0 aliphatic carbocycles. The molecule has 80 valence electrons. The number of carbonyl (C=O) groups is 1. The summed E-state index contributed by atoms with van der Waals surface area (Å²) in [6.45, 7) is 5.77. The van der Waals surface area contributed by atoms with Crippen molar-refractivity contribution in [1.82, 2.24) is 5.32 Å². The Morgan fingerprint density at radius 1 is 1.36 bits per heavy atom. The van der Waals surface area contributed by atoms with E-state index in [1.807, 2.05) is 20.8 Å². The van der Waals surface area contributed by atoms with Crippen molar-refractivity contribution in [2.75, 3.05) is 0 Å². The van der Waals surface area contributed by atoms with Crippen LogP contribution in [0, 0.1) is 5.92 Å². The molecule has 2 aliphatic heterocycles. The largest absolute Gasteiger partial charge is 0.460 e. The van der Waals surface area contributed by atoms with Crippen LogP contribution in [-0.2, 0) is 9.53 Å². The first-order chi connectivity index (χ1) is 6.46. The third-order valence-electron chi connectivity index (χ3n) is 3.01. The highest BCUT2D eigenvalue weighted by Gasteiger charge is 2.44. The molecule has 2 heterocycles. The molecule has 2 bridgehead atoms. The van der Waals surface area contributed by atoms with Gasteiger partial charge in [0.1, 0.15) is 5.60 Å². The van der Waals surface area contributed by atoms with E-state index in [1.54, 1.807) is 0 Å². The molecule has 1 N–H and O–H groups in total. The fourth-order valence-electron chi connectivity index (χ4n) is 2.46. The molecule has 0 spiro atoms. The minimum absolute atomic E-state index is 0.0165. The fraction of sp³-hybridized carbons (Fsp3) is 0.909. The van der Waals surface area contributed by atoms with E-state index in [0.717, 1.165) is 12.8 Å². The Morgan fingerprint density at radius 3 is 2.50 bits per heavy atom. The summed E-state index contributed by atoms with van der Waals surface area (Å²) in [4.78, 5) is 11.8. The standard InChI is InChI=1S/C11H19NO2/c1-11(2,3)14-10(13)8-6-7-4-5-9(8)12-7/h7-9,12H,4-6H2,1-3H3/t7-,8-,9+/m1/s1. The molecular weight excluding hydrogens is 178 g/mol. The lowest BCUT2D eigenvalue weighted by molar-refractivity contribution is -0.160. The monoisotopic (exact) mass is 197 g/mol. The third-order valence-corrected chi connectivity index (χ3v) is 3.01. The summed E-state index contributed by atoms with van der Waals surface area (Å²) in [7, 11) is 0. The van der Waals surface area contributed by atoms with E-state index in [9.17, 15) is 4.79 Å². The van der Waals surface area contributed by atoms with E-state index in [2.05, 4.69) is 5.32 Å². The van der Waals surface area contributed by atoms with Crippen LogP contribution in [0.2, 0.25) is 0 Å². The van der Waals surface area contributed by atoms with Crippen LogP contribution < -0.4 is 5.32 Å². The van der Waals surface area contributed by atoms with E-state index >= 15 is 0 Å². The normalized spacial score (nSPS) is 36.1. The van der Waals surface area contributed by atoms with Crippen molar-refractivity contribution >= 4 is 5.97 Å². The molecule has 0 saturated carbocycles. The molecule has 2 fully saturated rings. The molecule has 3 nitrogen and oxygen atoms in total. The molecule has 0 aromatic rings. The smallest absolute Gasteiger partial charge is 0.311 e. The highest BCUT2D eigenvalue weighted by molar-refractivity contribution is 5.74. The number of esters is 1. The highest BCUT2D eigenvalue weighted by Crippen LogP contribution is 2.34. The lowest BCUT2D eigenvalue weighted by Gasteiger charge is -2.25. The van der Waals surface area contributed by atoms with Gasteiger partial charge in [0.25, 0.3) is 0 Å². The van der Waals surface area contributed by atoms with Crippen LogP contribution in [0.15, 0.2) is 0 Å². The van der Waals surface area contributed by atoms with Gasteiger partial charge in [0.2, 0.25) is 0 Å². The molecular formula is C11H19NO2. The summed E-state index contributed by atoms with van der Waals surface area (Å²) < 4.78 is 5.40. The van der Waals surface area contributed by atoms with Crippen molar-refractivity contribution in [3.8, 4) is 0 Å². The Hall–Kier alpha value is -0.570.